The summed E-state index contributed by atoms with van der Waals surface area (Å²) in [5.41, 5.74) is 1.00. The van der Waals surface area contributed by atoms with Crippen LogP contribution < -0.4 is 21.1 Å². The molecular weight excluding hydrogens is 344 g/mol. The van der Waals surface area contributed by atoms with E-state index in [4.69, 9.17) is 0 Å². The first-order chi connectivity index (χ1) is 11.5. The summed E-state index contributed by atoms with van der Waals surface area (Å²) in [7, 11) is 0. The van der Waals surface area contributed by atoms with Crippen LogP contribution in [0.3, 0.4) is 0 Å². The normalized spacial score (nSPS) is 9.36. The third-order valence-electron chi connectivity index (χ3n) is 3.31. The van der Waals surface area contributed by atoms with Crippen molar-refractivity contribution in [1.82, 2.24) is 0 Å². The Hall–Kier alpha value is -1.36. The maximum atomic E-state index is 11.0. The van der Waals surface area contributed by atoms with E-state index in [1.54, 1.807) is 12.1 Å². The third kappa shape index (κ3) is 9.05. The summed E-state index contributed by atoms with van der Waals surface area (Å²) in [5.74, 6) is -0.827. The molecule has 0 amide bonds. The van der Waals surface area contributed by atoms with Crippen molar-refractivity contribution in [2.24, 2.45) is 0 Å². The fraction of sp³-hybridized carbons (Fsp3) is 0.300. The Morgan fingerprint density at radius 3 is 1.40 bits per heavy atom. The number of rotatable bonds is 4. The first-order valence-corrected chi connectivity index (χ1v) is 8.08. The van der Waals surface area contributed by atoms with Gasteiger partial charge in [-0.3, -0.25) is 9.59 Å². The van der Waals surface area contributed by atoms with E-state index in [1.807, 2.05) is 26.0 Å². The van der Waals surface area contributed by atoms with Crippen molar-refractivity contribution >= 4 is 37.7 Å². The van der Waals surface area contributed by atoms with Crippen LogP contribution in [0.4, 0.5) is 0 Å². The minimum absolute atomic E-state index is 0. The van der Waals surface area contributed by atoms with Crippen LogP contribution >= 0.6 is 0 Å². The van der Waals surface area contributed by atoms with Crippen LogP contribution in [0.2, 0.25) is 0 Å². The van der Waals surface area contributed by atoms with Gasteiger partial charge in [-0.25, -0.2) is 0 Å². The molecule has 4 nitrogen and oxygen atoms in total. The van der Waals surface area contributed by atoms with Gasteiger partial charge < -0.3 is 10.2 Å². The maximum absolute atomic E-state index is 11.0. The van der Waals surface area contributed by atoms with Crippen molar-refractivity contribution in [1.29, 1.82) is 0 Å². The van der Waals surface area contributed by atoms with E-state index in [-0.39, 0.29) is 37.7 Å². The summed E-state index contributed by atoms with van der Waals surface area (Å²) in [4.78, 5) is 21.7. The molecule has 2 aromatic rings. The molecule has 0 aliphatic rings. The molecule has 0 heterocycles. The van der Waals surface area contributed by atoms with Gasteiger partial charge in [-0.1, -0.05) is 74.6 Å². The first kappa shape index (κ1) is 23.6. The van der Waals surface area contributed by atoms with E-state index in [0.29, 0.717) is 0 Å². The van der Waals surface area contributed by atoms with Gasteiger partial charge in [-0.05, 0) is 36.1 Å². The van der Waals surface area contributed by atoms with Crippen LogP contribution in [0.25, 0.3) is 0 Å². The first-order valence-electron chi connectivity index (χ1n) is 8.08. The Labute approximate surface area is 178 Å². The van der Waals surface area contributed by atoms with Crippen molar-refractivity contribution in [3.05, 3.63) is 80.1 Å². The molecule has 0 N–H and O–H groups in total. The summed E-state index contributed by atoms with van der Waals surface area (Å²) in [6.45, 7) is 4.07. The van der Waals surface area contributed by atoms with Crippen LogP contribution in [0.1, 0.15) is 37.8 Å². The van der Waals surface area contributed by atoms with E-state index < -0.39 is 22.4 Å². The molecule has 0 atom stereocenters. The van der Waals surface area contributed by atoms with Crippen LogP contribution in [0.15, 0.2) is 58.1 Å². The molecule has 0 bridgehead atoms. The average molecular weight is 366 g/mol. The molecule has 0 aliphatic heterocycles. The fourth-order valence-electron chi connectivity index (χ4n) is 2.15. The minimum atomic E-state index is -0.433. The van der Waals surface area contributed by atoms with Crippen LogP contribution in [-0.4, -0.2) is 37.7 Å². The SMILES string of the molecule is CCCc1cccc(=O)c([O-])c1.CCCc1cccc(=O)c([O-])c1.[Ca+2]. The molecule has 0 aromatic heterocycles. The minimum Gasteiger partial charge on any atom is -0.870 e. The van der Waals surface area contributed by atoms with Crippen molar-refractivity contribution < 1.29 is 10.2 Å². The summed E-state index contributed by atoms with van der Waals surface area (Å²) in [6.07, 6.45) is 3.67. The largest absolute Gasteiger partial charge is 2.00 e. The van der Waals surface area contributed by atoms with Crippen molar-refractivity contribution in [2.75, 3.05) is 0 Å². The van der Waals surface area contributed by atoms with Crippen molar-refractivity contribution in [2.45, 2.75) is 39.5 Å². The van der Waals surface area contributed by atoms with Gasteiger partial charge in [0.15, 0.2) is 10.9 Å². The van der Waals surface area contributed by atoms with Gasteiger partial charge in [0.05, 0.1) is 0 Å². The van der Waals surface area contributed by atoms with Gasteiger partial charge in [0.1, 0.15) is 0 Å². The Balaban J connectivity index is 0.000000443. The second-order valence-corrected chi connectivity index (χ2v) is 5.45. The molecule has 0 spiro atoms. The number of hydrogen-bond donors (Lipinski definition) is 0. The Morgan fingerprint density at radius 1 is 0.720 bits per heavy atom. The van der Waals surface area contributed by atoms with E-state index in [0.717, 1.165) is 36.8 Å². The molecular formula is C20H22CaO4. The second-order valence-electron chi connectivity index (χ2n) is 5.45. The predicted octanol–water partition coefficient (Wildman–Crippen LogP) is 1.76. The third-order valence-corrected chi connectivity index (χ3v) is 3.31. The summed E-state index contributed by atoms with van der Waals surface area (Å²) < 4.78 is 0. The second kappa shape index (κ2) is 12.9. The van der Waals surface area contributed by atoms with Gasteiger partial charge >= 0.3 is 37.7 Å². The Bertz CT molecular complexity index is 709. The van der Waals surface area contributed by atoms with Crippen molar-refractivity contribution in [3.8, 4) is 11.5 Å². The molecule has 0 radical (unpaired) electrons. The summed E-state index contributed by atoms with van der Waals surface area (Å²) >= 11 is 0. The quantitative estimate of drug-likeness (QED) is 0.773. The molecule has 2 aromatic carbocycles. The monoisotopic (exact) mass is 366 g/mol. The van der Waals surface area contributed by atoms with Gasteiger partial charge in [0.25, 0.3) is 0 Å². The zero-order valence-electron chi connectivity index (χ0n) is 14.8. The Morgan fingerprint density at radius 2 is 1.08 bits per heavy atom. The van der Waals surface area contributed by atoms with E-state index in [9.17, 15) is 19.8 Å². The molecule has 25 heavy (non-hydrogen) atoms. The molecule has 0 unspecified atom stereocenters. The van der Waals surface area contributed by atoms with E-state index in [1.165, 1.54) is 24.3 Å². The molecule has 5 heteroatoms. The van der Waals surface area contributed by atoms with E-state index in [2.05, 4.69) is 0 Å². The fourth-order valence-corrected chi connectivity index (χ4v) is 2.15. The smallest absolute Gasteiger partial charge is 0.870 e. The molecule has 0 saturated carbocycles. The van der Waals surface area contributed by atoms with Crippen LogP contribution in [0, 0.1) is 0 Å². The summed E-state index contributed by atoms with van der Waals surface area (Å²) in [6, 6.07) is 12.3. The van der Waals surface area contributed by atoms with Crippen LogP contribution in [-0.2, 0) is 12.8 Å². The Kier molecular flexibility index (Phi) is 12.2. The predicted molar refractivity (Wildman–Crippen MR) is 98.1 cm³/mol. The topological polar surface area (TPSA) is 80.3 Å². The van der Waals surface area contributed by atoms with Gasteiger partial charge in [0, 0.05) is 0 Å². The average Bonchev–Trinajstić information content (AvgIpc) is 2.79. The molecule has 0 saturated heterocycles. The van der Waals surface area contributed by atoms with Gasteiger partial charge in [0.2, 0.25) is 0 Å². The van der Waals surface area contributed by atoms with E-state index >= 15 is 0 Å². The molecule has 2 rings (SSSR count). The number of hydrogen-bond acceptors (Lipinski definition) is 4. The zero-order chi connectivity index (χ0) is 17.9. The molecule has 0 fully saturated rings. The number of aryl methyl sites for hydroxylation is 2. The molecule has 128 valence electrons. The maximum Gasteiger partial charge on any atom is 2.00 e. The van der Waals surface area contributed by atoms with Crippen molar-refractivity contribution in [3.63, 3.8) is 0 Å². The van der Waals surface area contributed by atoms with Gasteiger partial charge in [-0.15, -0.1) is 0 Å². The molecule has 0 aliphatic carbocycles. The zero-order valence-corrected chi connectivity index (χ0v) is 17.0. The van der Waals surface area contributed by atoms with Crippen LogP contribution in [0.5, 0.6) is 11.5 Å². The summed E-state index contributed by atoms with van der Waals surface area (Å²) in [5, 5.41) is 22.0. The standard InChI is InChI=1S/2C10H12O2.Ca/c2*1-2-4-8-5-3-6-9(11)10(12)7-8;/h2*3,5-7H,2,4H2,1H3,(H,11,12);/q;;+2/p-2. The van der Waals surface area contributed by atoms with Gasteiger partial charge in [-0.2, -0.15) is 0 Å².